The number of hydrogen-bond acceptors (Lipinski definition) is 8. The fraction of sp³-hybridized carbons (Fsp3) is 0.571. The molecule has 0 radical (unpaired) electrons. The average Bonchev–Trinajstić information content (AvgIpc) is 3.23. The van der Waals surface area contributed by atoms with E-state index in [0.29, 0.717) is 17.9 Å². The molecule has 4 unspecified atom stereocenters. The predicted octanol–water partition coefficient (Wildman–Crippen LogP) is 1.82. The molecule has 0 amide bonds. The summed E-state index contributed by atoms with van der Waals surface area (Å²) < 4.78 is 11.0. The van der Waals surface area contributed by atoms with Gasteiger partial charge in [-0.05, 0) is 37.2 Å². The molecule has 2 aromatic rings. The van der Waals surface area contributed by atoms with Crippen LogP contribution < -0.4 is 20.5 Å². The van der Waals surface area contributed by atoms with Gasteiger partial charge in [-0.2, -0.15) is 0 Å². The Balaban J connectivity index is 1.37. The second-order valence-electron chi connectivity index (χ2n) is 8.05. The second-order valence-corrected chi connectivity index (χ2v) is 8.05. The molecular formula is C21H28N6O2. The molecule has 5 rings (SSSR count). The van der Waals surface area contributed by atoms with Crippen molar-refractivity contribution >= 4 is 5.82 Å². The van der Waals surface area contributed by atoms with E-state index in [9.17, 15) is 0 Å². The highest BCUT2D eigenvalue weighted by Crippen LogP contribution is 2.45. The zero-order valence-electron chi connectivity index (χ0n) is 16.8. The number of pyridine rings is 1. The number of rotatable bonds is 4. The van der Waals surface area contributed by atoms with Crippen molar-refractivity contribution in [1.82, 2.24) is 25.8 Å². The van der Waals surface area contributed by atoms with Crippen LogP contribution in [0.15, 0.2) is 30.7 Å². The quantitative estimate of drug-likeness (QED) is 0.810. The molecule has 2 N–H and O–H groups in total. The molecule has 8 heteroatoms. The summed E-state index contributed by atoms with van der Waals surface area (Å²) in [6.07, 6.45) is 6.82. The van der Waals surface area contributed by atoms with Gasteiger partial charge in [0.1, 0.15) is 12.1 Å². The lowest BCUT2D eigenvalue weighted by Gasteiger charge is -2.33. The highest BCUT2D eigenvalue weighted by Gasteiger charge is 2.42. The fourth-order valence-electron chi connectivity index (χ4n) is 5.01. The number of morpholine rings is 1. The van der Waals surface area contributed by atoms with Crippen molar-refractivity contribution in [3.63, 3.8) is 0 Å². The van der Waals surface area contributed by atoms with Gasteiger partial charge in [0, 0.05) is 37.0 Å². The molecule has 1 aliphatic carbocycles. The van der Waals surface area contributed by atoms with Gasteiger partial charge in [-0.25, -0.2) is 20.4 Å². The number of aromatic nitrogens is 3. The van der Waals surface area contributed by atoms with Crippen molar-refractivity contribution in [2.24, 2.45) is 5.92 Å². The van der Waals surface area contributed by atoms with Gasteiger partial charge in [-0.3, -0.25) is 5.43 Å². The number of hydrazine groups is 1. The van der Waals surface area contributed by atoms with Crippen LogP contribution in [0.25, 0.3) is 0 Å². The minimum absolute atomic E-state index is 0.174. The van der Waals surface area contributed by atoms with Crippen LogP contribution in [-0.4, -0.2) is 54.4 Å². The van der Waals surface area contributed by atoms with Crippen LogP contribution in [0, 0.1) is 5.92 Å². The largest absolute Gasteiger partial charge is 0.481 e. The van der Waals surface area contributed by atoms with E-state index in [-0.39, 0.29) is 6.04 Å². The molecule has 3 aliphatic rings. The number of hydrogen-bond donors (Lipinski definition) is 2. The third-order valence-electron chi connectivity index (χ3n) is 6.51. The van der Waals surface area contributed by atoms with E-state index in [2.05, 4.69) is 42.8 Å². The van der Waals surface area contributed by atoms with E-state index >= 15 is 0 Å². The van der Waals surface area contributed by atoms with Crippen molar-refractivity contribution < 1.29 is 9.47 Å². The maximum absolute atomic E-state index is 5.53. The SMILES string of the molecule is COc1ncccc1C1CCC2NNC(c3cc(N4CCOCC4)ncn3)C2C1. The minimum atomic E-state index is 0.174. The standard InChI is InChI=1S/C21H28N6O2/c1-28-21-15(3-2-6-22-21)14-4-5-17-16(11-14)20(26-25-17)18-12-19(24-13-23-18)27-7-9-29-10-8-27/h2-3,6,12-14,16-17,20,25-26H,4-5,7-11H2,1H3. The third kappa shape index (κ3) is 3.68. The maximum Gasteiger partial charge on any atom is 0.216 e. The Labute approximate surface area is 171 Å². The Hall–Kier alpha value is -2.29. The molecule has 154 valence electrons. The highest BCUT2D eigenvalue weighted by atomic mass is 16.5. The fourth-order valence-corrected chi connectivity index (χ4v) is 5.01. The van der Waals surface area contributed by atoms with E-state index in [4.69, 9.17) is 9.47 Å². The minimum Gasteiger partial charge on any atom is -0.481 e. The van der Waals surface area contributed by atoms with Crippen molar-refractivity contribution in [3.05, 3.63) is 42.0 Å². The molecule has 29 heavy (non-hydrogen) atoms. The summed E-state index contributed by atoms with van der Waals surface area (Å²) in [6, 6.07) is 6.93. The first kappa shape index (κ1) is 18.7. The molecular weight excluding hydrogens is 368 g/mol. The second kappa shape index (κ2) is 8.22. The molecule has 3 fully saturated rings. The molecule has 4 heterocycles. The molecule has 0 spiro atoms. The summed E-state index contributed by atoms with van der Waals surface area (Å²) in [4.78, 5) is 15.8. The Morgan fingerprint density at radius 2 is 2.03 bits per heavy atom. The third-order valence-corrected chi connectivity index (χ3v) is 6.51. The lowest BCUT2D eigenvalue weighted by molar-refractivity contribution is 0.122. The molecule has 8 nitrogen and oxygen atoms in total. The van der Waals surface area contributed by atoms with Crippen molar-refractivity contribution in [2.75, 3.05) is 38.3 Å². The van der Waals surface area contributed by atoms with E-state index in [1.54, 1.807) is 19.6 Å². The first-order valence-corrected chi connectivity index (χ1v) is 10.5. The molecule has 0 aromatic carbocycles. The number of nitrogens with one attached hydrogen (secondary N) is 2. The lowest BCUT2D eigenvalue weighted by Crippen LogP contribution is -2.37. The van der Waals surface area contributed by atoms with Gasteiger partial charge in [-0.1, -0.05) is 6.07 Å². The van der Waals surface area contributed by atoms with Gasteiger partial charge >= 0.3 is 0 Å². The smallest absolute Gasteiger partial charge is 0.216 e. The van der Waals surface area contributed by atoms with Crippen LogP contribution in [0.1, 0.15) is 42.5 Å². The molecule has 2 aliphatic heterocycles. The van der Waals surface area contributed by atoms with E-state index in [1.165, 1.54) is 5.56 Å². The number of methoxy groups -OCH3 is 1. The number of fused-ring (bicyclic) bond motifs is 1. The lowest BCUT2D eigenvalue weighted by atomic mass is 9.73. The van der Waals surface area contributed by atoms with Gasteiger partial charge in [0.25, 0.3) is 0 Å². The molecule has 4 atom stereocenters. The molecule has 2 aromatic heterocycles. The van der Waals surface area contributed by atoms with Gasteiger partial charge in [0.15, 0.2) is 0 Å². The van der Waals surface area contributed by atoms with Crippen molar-refractivity contribution in [2.45, 2.75) is 37.3 Å². The first-order chi connectivity index (χ1) is 14.3. The van der Waals surface area contributed by atoms with Gasteiger partial charge < -0.3 is 14.4 Å². The summed E-state index contributed by atoms with van der Waals surface area (Å²) in [5, 5.41) is 0. The molecule has 1 saturated carbocycles. The monoisotopic (exact) mass is 396 g/mol. The summed E-state index contributed by atoms with van der Waals surface area (Å²) in [5.41, 5.74) is 9.31. The summed E-state index contributed by atoms with van der Waals surface area (Å²) >= 11 is 0. The van der Waals surface area contributed by atoms with Crippen LogP contribution in [0.3, 0.4) is 0 Å². The van der Waals surface area contributed by atoms with Gasteiger partial charge in [0.2, 0.25) is 5.88 Å². The van der Waals surface area contributed by atoms with E-state index in [1.807, 2.05) is 6.07 Å². The zero-order valence-corrected chi connectivity index (χ0v) is 16.8. The van der Waals surface area contributed by atoms with E-state index < -0.39 is 0 Å². The van der Waals surface area contributed by atoms with Crippen LogP contribution in [0.5, 0.6) is 5.88 Å². The van der Waals surface area contributed by atoms with E-state index in [0.717, 1.165) is 63.0 Å². The van der Waals surface area contributed by atoms with Crippen LogP contribution in [0.4, 0.5) is 5.82 Å². The number of ether oxygens (including phenoxy) is 2. The number of nitrogens with zero attached hydrogens (tertiary/aromatic N) is 4. The maximum atomic E-state index is 5.53. The van der Waals surface area contributed by atoms with Crippen LogP contribution >= 0.6 is 0 Å². The predicted molar refractivity (Wildman–Crippen MR) is 109 cm³/mol. The summed E-state index contributed by atoms with van der Waals surface area (Å²) in [7, 11) is 1.70. The highest BCUT2D eigenvalue weighted by molar-refractivity contribution is 5.40. The Bertz CT molecular complexity index is 843. The van der Waals surface area contributed by atoms with Crippen LogP contribution in [-0.2, 0) is 4.74 Å². The Kier molecular flexibility index (Phi) is 5.30. The number of anilines is 1. The average molecular weight is 396 g/mol. The first-order valence-electron chi connectivity index (χ1n) is 10.5. The topological polar surface area (TPSA) is 84.4 Å². The molecule has 0 bridgehead atoms. The Morgan fingerprint density at radius 1 is 1.14 bits per heavy atom. The van der Waals surface area contributed by atoms with Gasteiger partial charge in [-0.15, -0.1) is 0 Å². The van der Waals surface area contributed by atoms with Crippen molar-refractivity contribution in [3.8, 4) is 5.88 Å². The Morgan fingerprint density at radius 3 is 2.90 bits per heavy atom. The summed E-state index contributed by atoms with van der Waals surface area (Å²) in [6.45, 7) is 3.26. The zero-order chi connectivity index (χ0) is 19.6. The molecule has 2 saturated heterocycles. The summed E-state index contributed by atoms with van der Waals surface area (Å²) in [5.74, 6) is 2.66. The van der Waals surface area contributed by atoms with Gasteiger partial charge in [0.05, 0.1) is 32.1 Å². The normalized spacial score (nSPS) is 29.5. The van der Waals surface area contributed by atoms with Crippen molar-refractivity contribution in [1.29, 1.82) is 0 Å². The van der Waals surface area contributed by atoms with Crippen LogP contribution in [0.2, 0.25) is 0 Å².